The van der Waals surface area contributed by atoms with Gasteiger partial charge < -0.3 is 14.9 Å². The second kappa shape index (κ2) is 3.81. The molecule has 1 rings (SSSR count). The Morgan fingerprint density at radius 2 is 1.87 bits per heavy atom. The third kappa shape index (κ3) is 2.68. The number of hydrogen-bond acceptors (Lipinski definition) is 3. The van der Waals surface area contributed by atoms with Gasteiger partial charge in [0.05, 0.1) is 12.0 Å². The van der Waals surface area contributed by atoms with Crippen LogP contribution in [0, 0.1) is 0 Å². The van der Waals surface area contributed by atoms with Crippen molar-refractivity contribution in [1.29, 1.82) is 0 Å². The second-order valence-electron chi connectivity index (χ2n) is 4.59. The van der Waals surface area contributed by atoms with E-state index in [1.54, 1.807) is 13.8 Å². The van der Waals surface area contributed by atoms with Crippen molar-refractivity contribution in [1.82, 2.24) is 0 Å². The van der Waals surface area contributed by atoms with Crippen LogP contribution in [0.5, 0.6) is 0 Å². The van der Waals surface area contributed by atoms with Crippen LogP contribution in [0.25, 0.3) is 0 Å². The Bertz CT molecular complexity index is 284. The van der Waals surface area contributed by atoms with Crippen LogP contribution >= 0.6 is 0 Å². The molecule has 1 unspecified atom stereocenters. The van der Waals surface area contributed by atoms with E-state index in [0.29, 0.717) is 6.42 Å². The number of rotatable bonds is 3. The number of ether oxygens (including phenoxy) is 1. The highest BCUT2D eigenvalue weighted by molar-refractivity contribution is 5.84. The zero-order valence-corrected chi connectivity index (χ0v) is 8.95. The van der Waals surface area contributed by atoms with Gasteiger partial charge in [-0.2, -0.15) is 0 Å². The van der Waals surface area contributed by atoms with Gasteiger partial charge in [-0.05, 0) is 33.1 Å². The first-order valence-electron chi connectivity index (χ1n) is 4.93. The Balaban J connectivity index is 2.90. The molecule has 0 amide bonds. The van der Waals surface area contributed by atoms with E-state index < -0.39 is 29.6 Å². The molecule has 0 spiro atoms. The molecule has 1 aliphatic rings. The minimum atomic E-state index is -1.55. The van der Waals surface area contributed by atoms with Crippen molar-refractivity contribution in [2.75, 3.05) is 0 Å². The zero-order valence-electron chi connectivity index (χ0n) is 8.95. The average molecular weight is 216 g/mol. The van der Waals surface area contributed by atoms with Crippen molar-refractivity contribution in [2.24, 2.45) is 0 Å². The van der Waals surface area contributed by atoms with Gasteiger partial charge in [0.25, 0.3) is 0 Å². The molecule has 86 valence electrons. The van der Waals surface area contributed by atoms with Crippen LogP contribution in [0.15, 0.2) is 0 Å². The van der Waals surface area contributed by atoms with Crippen LogP contribution in [0.4, 0.5) is 0 Å². The fourth-order valence-electron chi connectivity index (χ4n) is 2.03. The average Bonchev–Trinajstić information content (AvgIpc) is 1.99. The topological polar surface area (TPSA) is 83.8 Å². The minimum absolute atomic E-state index is 0.262. The molecule has 0 bridgehead atoms. The summed E-state index contributed by atoms with van der Waals surface area (Å²) in [6.45, 7) is 3.57. The van der Waals surface area contributed by atoms with Crippen molar-refractivity contribution in [3.63, 3.8) is 0 Å². The molecule has 0 aromatic rings. The first kappa shape index (κ1) is 12.0. The van der Waals surface area contributed by atoms with E-state index in [0.717, 1.165) is 6.42 Å². The number of aliphatic carboxylic acids is 2. The number of carbonyl (C=O) groups is 2. The molecule has 5 heteroatoms. The van der Waals surface area contributed by atoms with E-state index in [2.05, 4.69) is 0 Å². The molecule has 0 aromatic carbocycles. The van der Waals surface area contributed by atoms with Crippen LogP contribution in [-0.2, 0) is 14.3 Å². The maximum Gasteiger partial charge on any atom is 0.336 e. The third-order valence-corrected chi connectivity index (χ3v) is 2.66. The minimum Gasteiger partial charge on any atom is -0.481 e. The lowest BCUT2D eigenvalue weighted by Gasteiger charge is -2.41. The molecule has 1 saturated heterocycles. The monoisotopic (exact) mass is 216 g/mol. The summed E-state index contributed by atoms with van der Waals surface area (Å²) < 4.78 is 5.45. The van der Waals surface area contributed by atoms with Crippen LogP contribution in [0.3, 0.4) is 0 Å². The highest BCUT2D eigenvalue weighted by atomic mass is 16.5. The van der Waals surface area contributed by atoms with Gasteiger partial charge in [0.15, 0.2) is 5.60 Å². The van der Waals surface area contributed by atoms with Crippen molar-refractivity contribution < 1.29 is 24.5 Å². The maximum absolute atomic E-state index is 11.1. The Morgan fingerprint density at radius 1 is 1.27 bits per heavy atom. The third-order valence-electron chi connectivity index (χ3n) is 2.66. The van der Waals surface area contributed by atoms with Gasteiger partial charge in [-0.15, -0.1) is 0 Å². The zero-order chi connectivity index (χ0) is 11.7. The summed E-state index contributed by atoms with van der Waals surface area (Å²) in [6, 6.07) is 0. The summed E-state index contributed by atoms with van der Waals surface area (Å²) in [4.78, 5) is 21.8. The van der Waals surface area contributed by atoms with E-state index in [1.807, 2.05) is 0 Å². The van der Waals surface area contributed by atoms with Gasteiger partial charge in [0.2, 0.25) is 0 Å². The summed E-state index contributed by atoms with van der Waals surface area (Å²) in [5, 5.41) is 17.8. The molecule has 0 saturated carbocycles. The first-order valence-corrected chi connectivity index (χ1v) is 4.93. The Kier molecular flexibility index (Phi) is 3.04. The SMILES string of the molecule is CC1(C)CCCC(CC(=O)O)(C(=O)O)O1. The lowest BCUT2D eigenvalue weighted by Crippen LogP contribution is -2.52. The largest absolute Gasteiger partial charge is 0.481 e. The van der Waals surface area contributed by atoms with Crippen LogP contribution < -0.4 is 0 Å². The van der Waals surface area contributed by atoms with Gasteiger partial charge in [0, 0.05) is 0 Å². The Hall–Kier alpha value is -1.10. The highest BCUT2D eigenvalue weighted by Crippen LogP contribution is 2.37. The molecule has 0 aliphatic carbocycles. The Morgan fingerprint density at radius 3 is 2.27 bits per heavy atom. The fraction of sp³-hybridized carbons (Fsp3) is 0.800. The molecular formula is C10H16O5. The standard InChI is InChI=1S/C10H16O5/c1-9(2)4-3-5-10(15-9,8(13)14)6-7(11)12/h3-6H2,1-2H3,(H,11,12)(H,13,14). The molecule has 0 aromatic heterocycles. The first-order chi connectivity index (χ1) is 6.77. The van der Waals surface area contributed by atoms with Crippen LogP contribution in [0.1, 0.15) is 39.5 Å². The summed E-state index contributed by atoms with van der Waals surface area (Å²) >= 11 is 0. The van der Waals surface area contributed by atoms with Crippen molar-refractivity contribution in [3.8, 4) is 0 Å². The summed E-state index contributed by atoms with van der Waals surface area (Å²) in [5.41, 5.74) is -2.11. The van der Waals surface area contributed by atoms with Crippen molar-refractivity contribution in [2.45, 2.75) is 50.7 Å². The van der Waals surface area contributed by atoms with Crippen molar-refractivity contribution >= 4 is 11.9 Å². The van der Waals surface area contributed by atoms with E-state index >= 15 is 0 Å². The number of carboxylic acid groups (broad SMARTS) is 2. The second-order valence-corrected chi connectivity index (χ2v) is 4.59. The van der Waals surface area contributed by atoms with Crippen LogP contribution in [0.2, 0.25) is 0 Å². The number of carboxylic acids is 2. The van der Waals surface area contributed by atoms with Gasteiger partial charge >= 0.3 is 11.9 Å². The quantitative estimate of drug-likeness (QED) is 0.742. The lowest BCUT2D eigenvalue weighted by atomic mass is 9.84. The molecule has 2 N–H and O–H groups in total. The summed E-state index contributed by atoms with van der Waals surface area (Å²) in [7, 11) is 0. The summed E-state index contributed by atoms with van der Waals surface area (Å²) in [6.07, 6.45) is 1.21. The van der Waals surface area contributed by atoms with E-state index in [4.69, 9.17) is 14.9 Å². The molecular weight excluding hydrogens is 200 g/mol. The molecule has 1 fully saturated rings. The molecule has 15 heavy (non-hydrogen) atoms. The highest BCUT2D eigenvalue weighted by Gasteiger charge is 2.48. The smallest absolute Gasteiger partial charge is 0.336 e. The summed E-state index contributed by atoms with van der Waals surface area (Å²) in [5.74, 6) is -2.33. The van der Waals surface area contributed by atoms with Gasteiger partial charge in [-0.1, -0.05) is 0 Å². The maximum atomic E-state index is 11.1. The van der Waals surface area contributed by atoms with E-state index in [9.17, 15) is 9.59 Å². The van der Waals surface area contributed by atoms with E-state index in [-0.39, 0.29) is 6.42 Å². The van der Waals surface area contributed by atoms with Gasteiger partial charge in [-0.3, -0.25) is 4.79 Å². The predicted molar refractivity (Wildman–Crippen MR) is 51.6 cm³/mol. The normalized spacial score (nSPS) is 29.7. The molecule has 1 atom stereocenters. The van der Waals surface area contributed by atoms with Crippen LogP contribution in [-0.4, -0.2) is 33.4 Å². The Labute approximate surface area is 88.0 Å². The van der Waals surface area contributed by atoms with Crippen molar-refractivity contribution in [3.05, 3.63) is 0 Å². The molecule has 5 nitrogen and oxygen atoms in total. The van der Waals surface area contributed by atoms with Gasteiger partial charge in [-0.25, -0.2) is 4.79 Å². The predicted octanol–water partition coefficient (Wildman–Crippen LogP) is 1.26. The molecule has 1 heterocycles. The van der Waals surface area contributed by atoms with E-state index in [1.165, 1.54) is 0 Å². The number of hydrogen-bond donors (Lipinski definition) is 2. The fourth-order valence-corrected chi connectivity index (χ4v) is 2.03. The lowest BCUT2D eigenvalue weighted by molar-refractivity contribution is -0.207. The van der Waals surface area contributed by atoms with Gasteiger partial charge in [0.1, 0.15) is 0 Å². The molecule has 0 radical (unpaired) electrons. The molecule has 1 aliphatic heterocycles.